The van der Waals surface area contributed by atoms with Gasteiger partial charge in [-0.1, -0.05) is 11.6 Å². The van der Waals surface area contributed by atoms with Crippen molar-refractivity contribution < 1.29 is 14.6 Å². The second-order valence-corrected chi connectivity index (χ2v) is 4.86. The summed E-state index contributed by atoms with van der Waals surface area (Å²) in [4.78, 5) is 36.5. The number of halogens is 1. The molecule has 0 aliphatic carbocycles. The van der Waals surface area contributed by atoms with Crippen LogP contribution in [0.5, 0.6) is 0 Å². The Labute approximate surface area is 134 Å². The molecule has 1 heterocycles. The second kappa shape index (κ2) is 6.36. The number of aryl methyl sites for hydroxylation is 1. The molecule has 1 amide bonds. The van der Waals surface area contributed by atoms with Gasteiger partial charge < -0.3 is 5.32 Å². The Balaban J connectivity index is 2.41. The molecule has 0 atom stereocenters. The average molecular weight is 337 g/mol. The number of non-ortho nitro benzene ring substituents is 1. The van der Waals surface area contributed by atoms with Gasteiger partial charge in [0, 0.05) is 23.9 Å². The van der Waals surface area contributed by atoms with Crippen LogP contribution in [0.25, 0.3) is 0 Å². The third-order valence-corrected chi connectivity index (χ3v) is 3.28. The maximum atomic E-state index is 12.2. The highest BCUT2D eigenvalue weighted by molar-refractivity contribution is 6.34. The van der Waals surface area contributed by atoms with E-state index in [1.54, 1.807) is 0 Å². The Morgan fingerprint density at radius 1 is 1.22 bits per heavy atom. The molecule has 0 unspecified atom stereocenters. The fourth-order valence-corrected chi connectivity index (χ4v) is 2.05. The number of amides is 1. The summed E-state index contributed by atoms with van der Waals surface area (Å²) in [6, 6.07) is 4.76. The van der Waals surface area contributed by atoms with Gasteiger partial charge >= 0.3 is 5.69 Å². The lowest BCUT2D eigenvalue weighted by Gasteiger charge is -2.07. The van der Waals surface area contributed by atoms with Crippen molar-refractivity contribution in [2.45, 2.75) is 6.92 Å². The van der Waals surface area contributed by atoms with Gasteiger partial charge in [0.05, 0.1) is 20.4 Å². The molecule has 1 aromatic heterocycles. The van der Waals surface area contributed by atoms with E-state index in [0.29, 0.717) is 5.56 Å². The van der Waals surface area contributed by atoms with Crippen LogP contribution >= 0.6 is 11.6 Å². The number of nitro benzene ring substituents is 1. The lowest BCUT2D eigenvalue weighted by Crippen LogP contribution is -2.15. The third kappa shape index (κ3) is 3.40. The number of hydrogen-bond acceptors (Lipinski definition) is 6. The van der Waals surface area contributed by atoms with E-state index in [-0.39, 0.29) is 27.8 Å². The van der Waals surface area contributed by atoms with E-state index in [4.69, 9.17) is 11.6 Å². The normalized spacial score (nSPS) is 10.2. The van der Waals surface area contributed by atoms with Crippen LogP contribution in [-0.4, -0.2) is 20.7 Å². The molecule has 0 saturated carbocycles. The average Bonchev–Trinajstić information content (AvgIpc) is 2.46. The van der Waals surface area contributed by atoms with Crippen molar-refractivity contribution in [1.82, 2.24) is 4.98 Å². The highest BCUT2D eigenvalue weighted by Crippen LogP contribution is 2.27. The van der Waals surface area contributed by atoms with Gasteiger partial charge in [-0.15, -0.1) is 0 Å². The maximum Gasteiger partial charge on any atom is 0.314 e. The number of nitrogens with one attached hydrogen (secondary N) is 1. The standard InChI is InChI=1S/C13H9ClN4O5/c1-7-4-5-15-12(11(7)18(22)23)16-13(19)9-6-8(17(20)21)2-3-10(9)14/h2-6H,1H3,(H,15,16,19). The van der Waals surface area contributed by atoms with Crippen LogP contribution in [0.1, 0.15) is 15.9 Å². The Morgan fingerprint density at radius 2 is 1.91 bits per heavy atom. The van der Waals surface area contributed by atoms with Crippen molar-refractivity contribution in [3.63, 3.8) is 0 Å². The highest BCUT2D eigenvalue weighted by Gasteiger charge is 2.22. The summed E-state index contributed by atoms with van der Waals surface area (Å²) >= 11 is 5.86. The summed E-state index contributed by atoms with van der Waals surface area (Å²) in [5.74, 6) is -1.09. The lowest BCUT2D eigenvalue weighted by atomic mass is 10.2. The molecule has 2 rings (SSSR count). The molecule has 0 aliphatic rings. The number of rotatable bonds is 4. The number of pyridine rings is 1. The summed E-state index contributed by atoms with van der Waals surface area (Å²) in [5, 5.41) is 24.1. The first-order valence-corrected chi connectivity index (χ1v) is 6.54. The quantitative estimate of drug-likeness (QED) is 0.674. The largest absolute Gasteiger partial charge is 0.314 e. The summed E-state index contributed by atoms with van der Waals surface area (Å²) < 4.78 is 0. The predicted octanol–water partition coefficient (Wildman–Crippen LogP) is 3.11. The van der Waals surface area contributed by atoms with Crippen LogP contribution < -0.4 is 5.32 Å². The molecule has 10 heteroatoms. The number of aromatic nitrogens is 1. The smallest absolute Gasteiger partial charge is 0.301 e. The summed E-state index contributed by atoms with van der Waals surface area (Å²) in [6.07, 6.45) is 1.30. The number of carbonyl (C=O) groups excluding carboxylic acids is 1. The van der Waals surface area contributed by atoms with E-state index in [1.165, 1.54) is 25.3 Å². The van der Waals surface area contributed by atoms with Gasteiger partial charge in [-0.25, -0.2) is 4.98 Å². The van der Waals surface area contributed by atoms with Crippen molar-refractivity contribution in [3.05, 3.63) is 66.8 Å². The summed E-state index contributed by atoms with van der Waals surface area (Å²) in [5.41, 5.74) is -0.558. The zero-order chi connectivity index (χ0) is 17.1. The Bertz CT molecular complexity index is 824. The zero-order valence-electron chi connectivity index (χ0n) is 11.6. The molecule has 0 radical (unpaired) electrons. The van der Waals surface area contributed by atoms with Gasteiger partial charge in [-0.3, -0.25) is 25.0 Å². The van der Waals surface area contributed by atoms with Gasteiger partial charge in [0.1, 0.15) is 0 Å². The zero-order valence-corrected chi connectivity index (χ0v) is 12.4. The summed E-state index contributed by atoms with van der Waals surface area (Å²) in [7, 11) is 0. The van der Waals surface area contributed by atoms with Gasteiger partial charge in [0.25, 0.3) is 11.6 Å². The van der Waals surface area contributed by atoms with Crippen LogP contribution in [-0.2, 0) is 0 Å². The van der Waals surface area contributed by atoms with Gasteiger partial charge in [0.2, 0.25) is 5.82 Å². The molecule has 23 heavy (non-hydrogen) atoms. The minimum atomic E-state index is -0.833. The van der Waals surface area contributed by atoms with E-state index in [1.807, 2.05) is 0 Å². The monoisotopic (exact) mass is 336 g/mol. The van der Waals surface area contributed by atoms with Crippen LogP contribution in [0.15, 0.2) is 30.5 Å². The van der Waals surface area contributed by atoms with Crippen LogP contribution in [0, 0.1) is 27.2 Å². The number of benzene rings is 1. The number of hydrogen-bond donors (Lipinski definition) is 1. The lowest BCUT2D eigenvalue weighted by molar-refractivity contribution is -0.384. The minimum Gasteiger partial charge on any atom is -0.301 e. The van der Waals surface area contributed by atoms with Crippen molar-refractivity contribution in [2.24, 2.45) is 0 Å². The van der Waals surface area contributed by atoms with Crippen LogP contribution in [0.2, 0.25) is 5.02 Å². The predicted molar refractivity (Wildman–Crippen MR) is 81.7 cm³/mol. The fourth-order valence-electron chi connectivity index (χ4n) is 1.85. The SMILES string of the molecule is Cc1ccnc(NC(=O)c2cc([N+](=O)[O-])ccc2Cl)c1[N+](=O)[O-]. The molecule has 9 nitrogen and oxygen atoms in total. The minimum absolute atomic E-state index is 0.0246. The molecule has 0 bridgehead atoms. The highest BCUT2D eigenvalue weighted by atomic mass is 35.5. The topological polar surface area (TPSA) is 128 Å². The second-order valence-electron chi connectivity index (χ2n) is 4.46. The molecule has 0 saturated heterocycles. The number of anilines is 1. The number of carbonyl (C=O) groups is 1. The molecule has 0 aliphatic heterocycles. The Morgan fingerprint density at radius 3 is 2.52 bits per heavy atom. The van der Waals surface area contributed by atoms with E-state index in [2.05, 4.69) is 10.3 Å². The van der Waals surface area contributed by atoms with Gasteiger partial charge in [-0.2, -0.15) is 0 Å². The summed E-state index contributed by atoms with van der Waals surface area (Å²) in [6.45, 7) is 1.50. The third-order valence-electron chi connectivity index (χ3n) is 2.95. The molecule has 118 valence electrons. The van der Waals surface area contributed by atoms with E-state index in [9.17, 15) is 25.0 Å². The van der Waals surface area contributed by atoms with Crippen molar-refractivity contribution >= 4 is 34.7 Å². The van der Waals surface area contributed by atoms with Gasteiger partial charge in [0.15, 0.2) is 0 Å². The molecule has 0 spiro atoms. The van der Waals surface area contributed by atoms with E-state index >= 15 is 0 Å². The molecular formula is C13H9ClN4O5. The number of nitrogens with zero attached hydrogens (tertiary/aromatic N) is 3. The van der Waals surface area contributed by atoms with Crippen molar-refractivity contribution in [3.8, 4) is 0 Å². The van der Waals surface area contributed by atoms with Crippen molar-refractivity contribution in [2.75, 3.05) is 5.32 Å². The molecule has 2 aromatic rings. The Kier molecular flexibility index (Phi) is 4.51. The van der Waals surface area contributed by atoms with Crippen LogP contribution in [0.4, 0.5) is 17.2 Å². The first-order valence-electron chi connectivity index (χ1n) is 6.16. The molecular weight excluding hydrogens is 328 g/mol. The molecule has 0 fully saturated rings. The van der Waals surface area contributed by atoms with Crippen LogP contribution in [0.3, 0.4) is 0 Å². The first kappa shape index (κ1) is 16.3. The number of nitro groups is 2. The van der Waals surface area contributed by atoms with Gasteiger partial charge in [-0.05, 0) is 19.1 Å². The molecule has 1 aromatic carbocycles. The Hall–Kier alpha value is -3.07. The first-order chi connectivity index (χ1) is 10.8. The van der Waals surface area contributed by atoms with Crippen molar-refractivity contribution in [1.29, 1.82) is 0 Å². The fraction of sp³-hybridized carbons (Fsp3) is 0.0769. The maximum absolute atomic E-state index is 12.2. The molecule has 1 N–H and O–H groups in total. The van der Waals surface area contributed by atoms with E-state index in [0.717, 1.165) is 12.1 Å². The van der Waals surface area contributed by atoms with E-state index < -0.39 is 15.8 Å².